The lowest BCUT2D eigenvalue weighted by Gasteiger charge is -2.13. The minimum Gasteiger partial charge on any atom is -0.437 e. The van der Waals surface area contributed by atoms with Gasteiger partial charge in [0, 0.05) is 17.8 Å². The van der Waals surface area contributed by atoms with Crippen molar-refractivity contribution in [1.82, 2.24) is 4.98 Å². The standard InChI is InChI=1S/C14H15ClN2O/c1-9-5-6-13(12(15)8-9)18-14-11(10(2)16)4-3-7-17-14/h3-8,10H,16H2,1-2H3. The molecule has 0 spiro atoms. The number of aromatic nitrogens is 1. The van der Waals surface area contributed by atoms with Gasteiger partial charge in [-0.05, 0) is 37.6 Å². The van der Waals surface area contributed by atoms with Crippen molar-refractivity contribution in [2.75, 3.05) is 0 Å². The van der Waals surface area contributed by atoms with E-state index in [2.05, 4.69) is 4.98 Å². The molecular weight excluding hydrogens is 248 g/mol. The first kappa shape index (κ1) is 12.9. The molecule has 1 aromatic carbocycles. The summed E-state index contributed by atoms with van der Waals surface area (Å²) in [7, 11) is 0. The van der Waals surface area contributed by atoms with E-state index >= 15 is 0 Å². The predicted octanol–water partition coefficient (Wildman–Crippen LogP) is 3.86. The third-order valence-corrected chi connectivity index (χ3v) is 2.88. The fourth-order valence-electron chi connectivity index (χ4n) is 1.63. The molecule has 1 aromatic heterocycles. The molecule has 0 fully saturated rings. The van der Waals surface area contributed by atoms with Crippen LogP contribution in [0.2, 0.25) is 5.02 Å². The normalized spacial score (nSPS) is 12.2. The van der Waals surface area contributed by atoms with E-state index in [0.29, 0.717) is 16.7 Å². The van der Waals surface area contributed by atoms with Gasteiger partial charge in [-0.2, -0.15) is 0 Å². The van der Waals surface area contributed by atoms with E-state index in [4.69, 9.17) is 22.1 Å². The number of hydrogen-bond donors (Lipinski definition) is 1. The van der Waals surface area contributed by atoms with E-state index in [-0.39, 0.29) is 6.04 Å². The maximum Gasteiger partial charge on any atom is 0.224 e. The van der Waals surface area contributed by atoms with Gasteiger partial charge in [-0.1, -0.05) is 23.7 Å². The molecule has 3 nitrogen and oxygen atoms in total. The van der Waals surface area contributed by atoms with Gasteiger partial charge in [0.1, 0.15) is 5.75 Å². The third kappa shape index (κ3) is 2.81. The van der Waals surface area contributed by atoms with Crippen LogP contribution in [0.25, 0.3) is 0 Å². The van der Waals surface area contributed by atoms with Crippen LogP contribution in [0.4, 0.5) is 0 Å². The van der Waals surface area contributed by atoms with Crippen molar-refractivity contribution in [1.29, 1.82) is 0 Å². The van der Waals surface area contributed by atoms with Crippen LogP contribution in [0.3, 0.4) is 0 Å². The van der Waals surface area contributed by atoms with Gasteiger partial charge in [0.05, 0.1) is 5.02 Å². The van der Waals surface area contributed by atoms with Crippen LogP contribution >= 0.6 is 11.6 Å². The monoisotopic (exact) mass is 262 g/mol. The molecule has 2 N–H and O–H groups in total. The van der Waals surface area contributed by atoms with Gasteiger partial charge in [-0.3, -0.25) is 0 Å². The lowest BCUT2D eigenvalue weighted by atomic mass is 10.1. The maximum atomic E-state index is 6.13. The molecule has 0 bridgehead atoms. The molecule has 2 rings (SSSR count). The Balaban J connectivity index is 2.34. The number of nitrogens with two attached hydrogens (primary N) is 1. The molecule has 2 aromatic rings. The molecule has 1 heterocycles. The Labute approximate surface area is 112 Å². The average molecular weight is 263 g/mol. The fraction of sp³-hybridized carbons (Fsp3) is 0.214. The van der Waals surface area contributed by atoms with E-state index in [1.807, 2.05) is 44.2 Å². The van der Waals surface area contributed by atoms with E-state index in [1.54, 1.807) is 6.20 Å². The summed E-state index contributed by atoms with van der Waals surface area (Å²) < 4.78 is 5.73. The highest BCUT2D eigenvalue weighted by Gasteiger charge is 2.11. The summed E-state index contributed by atoms with van der Waals surface area (Å²) >= 11 is 6.13. The van der Waals surface area contributed by atoms with Gasteiger partial charge in [-0.15, -0.1) is 0 Å². The molecular formula is C14H15ClN2O. The molecule has 94 valence electrons. The third-order valence-electron chi connectivity index (χ3n) is 2.59. The van der Waals surface area contributed by atoms with Crippen LogP contribution < -0.4 is 10.5 Å². The first-order chi connectivity index (χ1) is 8.58. The molecule has 0 saturated carbocycles. The topological polar surface area (TPSA) is 48.1 Å². The molecule has 4 heteroatoms. The van der Waals surface area contributed by atoms with Gasteiger partial charge < -0.3 is 10.5 Å². The van der Waals surface area contributed by atoms with E-state index in [0.717, 1.165) is 11.1 Å². The molecule has 0 aliphatic rings. The number of rotatable bonds is 3. The molecule has 0 saturated heterocycles. The van der Waals surface area contributed by atoms with Gasteiger partial charge in [0.2, 0.25) is 5.88 Å². The zero-order valence-corrected chi connectivity index (χ0v) is 11.1. The Kier molecular flexibility index (Phi) is 3.84. The number of aryl methyl sites for hydroxylation is 1. The van der Waals surface area contributed by atoms with Crippen LogP contribution in [0.5, 0.6) is 11.6 Å². The Morgan fingerprint density at radius 3 is 2.78 bits per heavy atom. The fourth-order valence-corrected chi connectivity index (χ4v) is 1.90. The summed E-state index contributed by atoms with van der Waals surface area (Å²) in [5, 5.41) is 0.566. The summed E-state index contributed by atoms with van der Waals surface area (Å²) in [6.45, 7) is 3.87. The second-order valence-corrected chi connectivity index (χ2v) is 4.63. The predicted molar refractivity (Wildman–Crippen MR) is 73.1 cm³/mol. The molecule has 18 heavy (non-hydrogen) atoms. The first-order valence-corrected chi connectivity index (χ1v) is 6.10. The number of hydrogen-bond acceptors (Lipinski definition) is 3. The Hall–Kier alpha value is -1.58. The lowest BCUT2D eigenvalue weighted by Crippen LogP contribution is -2.07. The zero-order chi connectivity index (χ0) is 13.1. The number of halogens is 1. The number of nitrogens with zero attached hydrogens (tertiary/aromatic N) is 1. The van der Waals surface area contributed by atoms with Crippen molar-refractivity contribution >= 4 is 11.6 Å². The molecule has 0 amide bonds. The van der Waals surface area contributed by atoms with Crippen molar-refractivity contribution in [3.8, 4) is 11.6 Å². The van der Waals surface area contributed by atoms with Crippen LogP contribution in [0.15, 0.2) is 36.5 Å². The van der Waals surface area contributed by atoms with Gasteiger partial charge in [0.15, 0.2) is 0 Å². The summed E-state index contributed by atoms with van der Waals surface area (Å²) in [6, 6.07) is 9.22. The quantitative estimate of drug-likeness (QED) is 0.914. The van der Waals surface area contributed by atoms with Crippen LogP contribution in [0, 0.1) is 6.92 Å². The zero-order valence-electron chi connectivity index (χ0n) is 10.4. The van der Waals surface area contributed by atoms with Crippen molar-refractivity contribution in [2.24, 2.45) is 5.73 Å². The highest BCUT2D eigenvalue weighted by molar-refractivity contribution is 6.32. The van der Waals surface area contributed by atoms with Gasteiger partial charge in [0.25, 0.3) is 0 Å². The number of pyridine rings is 1. The van der Waals surface area contributed by atoms with E-state index < -0.39 is 0 Å². The molecule has 0 aliphatic carbocycles. The largest absolute Gasteiger partial charge is 0.437 e. The SMILES string of the molecule is Cc1ccc(Oc2ncccc2C(C)N)c(Cl)c1. The summed E-state index contributed by atoms with van der Waals surface area (Å²) in [6.07, 6.45) is 1.67. The first-order valence-electron chi connectivity index (χ1n) is 5.72. The second-order valence-electron chi connectivity index (χ2n) is 4.22. The minimum absolute atomic E-state index is 0.141. The average Bonchev–Trinajstić information content (AvgIpc) is 2.33. The van der Waals surface area contributed by atoms with Crippen molar-refractivity contribution in [3.63, 3.8) is 0 Å². The van der Waals surface area contributed by atoms with Crippen LogP contribution in [-0.4, -0.2) is 4.98 Å². The number of benzene rings is 1. The molecule has 1 atom stereocenters. The van der Waals surface area contributed by atoms with Crippen LogP contribution in [0.1, 0.15) is 24.1 Å². The summed E-state index contributed by atoms with van der Waals surface area (Å²) in [5.41, 5.74) is 7.82. The highest BCUT2D eigenvalue weighted by atomic mass is 35.5. The Bertz CT molecular complexity index is 555. The van der Waals surface area contributed by atoms with Crippen LogP contribution in [-0.2, 0) is 0 Å². The van der Waals surface area contributed by atoms with E-state index in [9.17, 15) is 0 Å². The van der Waals surface area contributed by atoms with Crippen molar-refractivity contribution < 1.29 is 4.74 Å². The van der Waals surface area contributed by atoms with Gasteiger partial charge in [-0.25, -0.2) is 4.98 Å². The highest BCUT2D eigenvalue weighted by Crippen LogP contribution is 2.31. The summed E-state index contributed by atoms with van der Waals surface area (Å²) in [4.78, 5) is 4.20. The van der Waals surface area contributed by atoms with Crippen molar-refractivity contribution in [2.45, 2.75) is 19.9 Å². The maximum absolute atomic E-state index is 6.13. The minimum atomic E-state index is -0.141. The Morgan fingerprint density at radius 2 is 2.11 bits per heavy atom. The second kappa shape index (κ2) is 5.38. The van der Waals surface area contributed by atoms with Gasteiger partial charge >= 0.3 is 0 Å². The smallest absolute Gasteiger partial charge is 0.224 e. The number of ether oxygens (including phenoxy) is 1. The Morgan fingerprint density at radius 1 is 1.33 bits per heavy atom. The lowest BCUT2D eigenvalue weighted by molar-refractivity contribution is 0.452. The molecule has 0 radical (unpaired) electrons. The van der Waals surface area contributed by atoms with E-state index in [1.165, 1.54) is 0 Å². The summed E-state index contributed by atoms with van der Waals surface area (Å²) in [5.74, 6) is 1.08. The molecule has 0 aliphatic heterocycles. The van der Waals surface area contributed by atoms with Crippen molar-refractivity contribution in [3.05, 3.63) is 52.7 Å². The molecule has 1 unspecified atom stereocenters.